The number of amides is 1. The summed E-state index contributed by atoms with van der Waals surface area (Å²) in [5.74, 6) is -0.449. The van der Waals surface area contributed by atoms with Gasteiger partial charge >= 0.3 is 0 Å². The summed E-state index contributed by atoms with van der Waals surface area (Å²) in [6, 6.07) is 0. The molecule has 0 bridgehead atoms. The highest BCUT2D eigenvalue weighted by Gasteiger charge is 2.08. The second kappa shape index (κ2) is 3.66. The van der Waals surface area contributed by atoms with Crippen LogP contribution < -0.4 is 5.32 Å². The summed E-state index contributed by atoms with van der Waals surface area (Å²) in [7, 11) is 1.44. The van der Waals surface area contributed by atoms with Crippen LogP contribution in [0.3, 0.4) is 0 Å². The number of hydrogen-bond donors (Lipinski definition) is 3. The highest BCUT2D eigenvalue weighted by atomic mass is 16.2. The summed E-state index contributed by atoms with van der Waals surface area (Å²) in [6.45, 7) is 1.43. The van der Waals surface area contributed by atoms with Crippen LogP contribution >= 0.6 is 0 Å². The molecule has 0 aromatic heterocycles. The van der Waals surface area contributed by atoms with E-state index >= 15 is 0 Å². The first-order chi connectivity index (χ1) is 4.63. The van der Waals surface area contributed by atoms with E-state index in [4.69, 9.17) is 10.5 Å². The molecular formula is C6H10N2O2. The third-order valence-electron chi connectivity index (χ3n) is 1.00. The first kappa shape index (κ1) is 8.68. The average Bonchev–Trinajstić information content (AvgIpc) is 1.88. The predicted molar refractivity (Wildman–Crippen MR) is 38.2 cm³/mol. The van der Waals surface area contributed by atoms with Gasteiger partial charge in [-0.05, 0) is 6.92 Å². The van der Waals surface area contributed by atoms with Gasteiger partial charge in [0.1, 0.15) is 0 Å². The van der Waals surface area contributed by atoms with E-state index in [9.17, 15) is 4.79 Å². The molecule has 3 N–H and O–H groups in total. The SMILES string of the molecule is CNC(=O)/C(=C/O)C(C)=N. The summed E-state index contributed by atoms with van der Waals surface area (Å²) >= 11 is 0. The summed E-state index contributed by atoms with van der Waals surface area (Å²) in [4.78, 5) is 10.7. The third kappa shape index (κ3) is 1.89. The van der Waals surface area contributed by atoms with Crippen molar-refractivity contribution in [1.82, 2.24) is 5.32 Å². The van der Waals surface area contributed by atoms with E-state index in [1.165, 1.54) is 14.0 Å². The van der Waals surface area contributed by atoms with Crippen LogP contribution in [0.2, 0.25) is 0 Å². The molecule has 0 radical (unpaired) electrons. The largest absolute Gasteiger partial charge is 0.515 e. The Kier molecular flexibility index (Phi) is 3.17. The highest BCUT2D eigenvalue weighted by Crippen LogP contribution is 1.93. The number of aliphatic hydroxyl groups excluding tert-OH is 1. The maximum Gasteiger partial charge on any atom is 0.255 e. The first-order valence-electron chi connectivity index (χ1n) is 2.75. The molecule has 0 saturated heterocycles. The van der Waals surface area contributed by atoms with Crippen LogP contribution in [0.4, 0.5) is 0 Å². The van der Waals surface area contributed by atoms with Crippen LogP contribution in [0.5, 0.6) is 0 Å². The predicted octanol–water partition coefficient (Wildman–Crippen LogP) is 0.214. The molecule has 56 valence electrons. The van der Waals surface area contributed by atoms with Crippen molar-refractivity contribution in [2.75, 3.05) is 7.05 Å². The van der Waals surface area contributed by atoms with Crippen molar-refractivity contribution in [3.05, 3.63) is 11.8 Å². The molecule has 0 fully saturated rings. The van der Waals surface area contributed by atoms with Crippen LogP contribution in [0.1, 0.15) is 6.92 Å². The lowest BCUT2D eigenvalue weighted by Crippen LogP contribution is -2.23. The smallest absolute Gasteiger partial charge is 0.255 e. The van der Waals surface area contributed by atoms with Crippen LogP contribution in [0, 0.1) is 5.41 Å². The molecule has 0 atom stereocenters. The Morgan fingerprint density at radius 1 is 1.70 bits per heavy atom. The fourth-order valence-electron chi connectivity index (χ4n) is 0.460. The number of likely N-dealkylation sites (N-methyl/N-ethyl adjacent to an activating group) is 1. The second-order valence-electron chi connectivity index (χ2n) is 1.75. The Balaban J connectivity index is 4.39. The molecule has 0 aliphatic carbocycles. The molecule has 0 unspecified atom stereocenters. The Morgan fingerprint density at radius 2 is 2.20 bits per heavy atom. The fourth-order valence-corrected chi connectivity index (χ4v) is 0.460. The minimum Gasteiger partial charge on any atom is -0.515 e. The second-order valence-corrected chi connectivity index (χ2v) is 1.75. The number of nitrogens with one attached hydrogen (secondary N) is 2. The summed E-state index contributed by atoms with van der Waals surface area (Å²) in [5, 5.41) is 17.7. The zero-order chi connectivity index (χ0) is 8.15. The van der Waals surface area contributed by atoms with Gasteiger partial charge in [0.15, 0.2) is 0 Å². The zero-order valence-corrected chi connectivity index (χ0v) is 5.93. The van der Waals surface area contributed by atoms with Crippen molar-refractivity contribution in [1.29, 1.82) is 5.41 Å². The van der Waals surface area contributed by atoms with Crippen LogP contribution in [0.15, 0.2) is 11.8 Å². The average molecular weight is 142 g/mol. The molecule has 10 heavy (non-hydrogen) atoms. The van der Waals surface area contributed by atoms with Gasteiger partial charge in [-0.3, -0.25) is 4.79 Å². The van der Waals surface area contributed by atoms with E-state index in [2.05, 4.69) is 5.32 Å². The molecule has 0 aliphatic heterocycles. The number of carbonyl (C=O) groups is 1. The van der Waals surface area contributed by atoms with Crippen molar-refractivity contribution in [2.24, 2.45) is 0 Å². The lowest BCUT2D eigenvalue weighted by Gasteiger charge is -1.99. The lowest BCUT2D eigenvalue weighted by atomic mass is 10.2. The van der Waals surface area contributed by atoms with E-state index in [-0.39, 0.29) is 11.3 Å². The maximum absolute atomic E-state index is 10.7. The molecular weight excluding hydrogens is 132 g/mol. The number of aliphatic hydroxyl groups is 1. The number of hydrogen-bond acceptors (Lipinski definition) is 3. The molecule has 0 aliphatic rings. The molecule has 0 spiro atoms. The van der Waals surface area contributed by atoms with Gasteiger partial charge in [-0.2, -0.15) is 0 Å². The van der Waals surface area contributed by atoms with Crippen molar-refractivity contribution in [3.8, 4) is 0 Å². The van der Waals surface area contributed by atoms with Gasteiger partial charge in [0, 0.05) is 12.8 Å². The standard InChI is InChI=1S/C6H10N2O2/c1-4(7)5(3-9)6(10)8-2/h3,7,9H,1-2H3,(H,8,10)/b5-3+,7-4?. The van der Waals surface area contributed by atoms with Crippen molar-refractivity contribution >= 4 is 11.6 Å². The van der Waals surface area contributed by atoms with Gasteiger partial charge in [0.05, 0.1) is 11.8 Å². The van der Waals surface area contributed by atoms with Gasteiger partial charge in [-0.25, -0.2) is 0 Å². The molecule has 1 amide bonds. The first-order valence-corrected chi connectivity index (χ1v) is 2.75. The van der Waals surface area contributed by atoms with Crippen LogP contribution in [-0.2, 0) is 4.79 Å². The number of carbonyl (C=O) groups excluding carboxylic acids is 1. The Morgan fingerprint density at radius 3 is 2.30 bits per heavy atom. The minimum atomic E-state index is -0.449. The van der Waals surface area contributed by atoms with E-state index in [0.29, 0.717) is 6.26 Å². The molecule has 0 saturated carbocycles. The van der Waals surface area contributed by atoms with Crippen molar-refractivity contribution in [2.45, 2.75) is 6.92 Å². The van der Waals surface area contributed by atoms with Gasteiger partial charge in [-0.1, -0.05) is 0 Å². The highest BCUT2D eigenvalue weighted by molar-refractivity contribution is 6.19. The molecule has 0 heterocycles. The van der Waals surface area contributed by atoms with Gasteiger partial charge in [0.2, 0.25) is 0 Å². The van der Waals surface area contributed by atoms with Crippen molar-refractivity contribution < 1.29 is 9.90 Å². The van der Waals surface area contributed by atoms with E-state index < -0.39 is 5.91 Å². The van der Waals surface area contributed by atoms with Crippen molar-refractivity contribution in [3.63, 3.8) is 0 Å². The summed E-state index contributed by atoms with van der Waals surface area (Å²) < 4.78 is 0. The summed E-state index contributed by atoms with van der Waals surface area (Å²) in [6.07, 6.45) is 0.626. The van der Waals surface area contributed by atoms with E-state index in [1.807, 2.05) is 0 Å². The quantitative estimate of drug-likeness (QED) is 0.293. The monoisotopic (exact) mass is 142 g/mol. The van der Waals surface area contributed by atoms with E-state index in [1.54, 1.807) is 0 Å². The normalized spacial score (nSPS) is 10.8. The fraction of sp³-hybridized carbons (Fsp3) is 0.333. The molecule has 0 rings (SSSR count). The van der Waals surface area contributed by atoms with Gasteiger partial charge in [0.25, 0.3) is 5.91 Å². The topological polar surface area (TPSA) is 73.2 Å². The molecule has 4 heteroatoms. The summed E-state index contributed by atoms with van der Waals surface area (Å²) in [5.41, 5.74) is 0.0318. The Bertz CT molecular complexity index is 184. The lowest BCUT2D eigenvalue weighted by molar-refractivity contribution is -0.116. The van der Waals surface area contributed by atoms with E-state index in [0.717, 1.165) is 0 Å². The molecule has 4 nitrogen and oxygen atoms in total. The Hall–Kier alpha value is -1.32. The maximum atomic E-state index is 10.7. The minimum absolute atomic E-state index is 0.0116. The van der Waals surface area contributed by atoms with Crippen LogP contribution in [-0.4, -0.2) is 23.8 Å². The molecule has 0 aromatic carbocycles. The van der Waals surface area contributed by atoms with Gasteiger partial charge in [-0.15, -0.1) is 0 Å². The number of rotatable bonds is 2. The van der Waals surface area contributed by atoms with Crippen LogP contribution in [0.25, 0.3) is 0 Å². The third-order valence-corrected chi connectivity index (χ3v) is 1.00. The molecule has 0 aromatic rings. The van der Waals surface area contributed by atoms with Gasteiger partial charge < -0.3 is 15.8 Å². The zero-order valence-electron chi connectivity index (χ0n) is 5.93. The Labute approximate surface area is 59.1 Å².